The normalized spacial score (nSPS) is 19.2. The number of aryl methyl sites for hydroxylation is 1. The zero-order chi connectivity index (χ0) is 23.7. The standard InChI is InChI=1S/C27H34N4O3/c1-19-7-9-21(10-8-19)29-13-15-30(16-14-29)27(34)24-18-31(22-11-12-22)17-23(25(24)32)26(33)28-20-5-3-2-4-6-20/h7-10,17-18,20,22H,2-6,11-16H2,1H3,(H,28,33). The summed E-state index contributed by atoms with van der Waals surface area (Å²) in [6.07, 6.45) is 10.6. The molecule has 1 aromatic carbocycles. The minimum atomic E-state index is -0.448. The molecule has 7 nitrogen and oxygen atoms in total. The number of nitrogens with zero attached hydrogens (tertiary/aromatic N) is 3. The Bertz CT molecular complexity index is 1110. The molecule has 0 radical (unpaired) electrons. The van der Waals surface area contributed by atoms with Gasteiger partial charge in [-0.05, 0) is 44.7 Å². The first-order valence-corrected chi connectivity index (χ1v) is 12.7. The maximum absolute atomic E-state index is 13.4. The molecule has 2 saturated carbocycles. The molecule has 1 aromatic heterocycles. The third kappa shape index (κ3) is 4.88. The molecule has 7 heteroatoms. The topological polar surface area (TPSA) is 74.7 Å². The van der Waals surface area contributed by atoms with Gasteiger partial charge < -0.3 is 19.7 Å². The highest BCUT2D eigenvalue weighted by Crippen LogP contribution is 2.34. The van der Waals surface area contributed by atoms with Gasteiger partial charge in [-0.2, -0.15) is 0 Å². The van der Waals surface area contributed by atoms with Crippen LogP contribution in [0, 0.1) is 6.92 Å². The Balaban J connectivity index is 1.33. The molecule has 0 unspecified atom stereocenters. The molecular formula is C27H34N4O3. The van der Waals surface area contributed by atoms with Gasteiger partial charge in [-0.1, -0.05) is 37.0 Å². The van der Waals surface area contributed by atoms with Crippen LogP contribution in [0.1, 0.15) is 77.3 Å². The van der Waals surface area contributed by atoms with Crippen molar-refractivity contribution < 1.29 is 9.59 Å². The molecule has 180 valence electrons. The Morgan fingerprint density at radius 1 is 0.853 bits per heavy atom. The van der Waals surface area contributed by atoms with Crippen molar-refractivity contribution in [2.24, 2.45) is 0 Å². The molecule has 3 fully saturated rings. The third-order valence-electron chi connectivity index (χ3n) is 7.40. The molecule has 0 bridgehead atoms. The average Bonchev–Trinajstić information content (AvgIpc) is 3.71. The van der Waals surface area contributed by atoms with Crippen molar-refractivity contribution in [2.45, 2.75) is 64.0 Å². The van der Waals surface area contributed by atoms with E-state index in [2.05, 4.69) is 41.4 Å². The van der Waals surface area contributed by atoms with Crippen LogP contribution < -0.4 is 15.6 Å². The number of nitrogens with one attached hydrogen (secondary N) is 1. The first-order chi connectivity index (χ1) is 16.5. The van der Waals surface area contributed by atoms with Gasteiger partial charge in [0.1, 0.15) is 11.1 Å². The summed E-state index contributed by atoms with van der Waals surface area (Å²) in [5.74, 6) is -0.611. The number of benzene rings is 1. The smallest absolute Gasteiger partial charge is 0.259 e. The summed E-state index contributed by atoms with van der Waals surface area (Å²) in [5, 5.41) is 3.05. The van der Waals surface area contributed by atoms with Crippen molar-refractivity contribution >= 4 is 17.5 Å². The second-order valence-corrected chi connectivity index (χ2v) is 10.0. The second-order valence-electron chi connectivity index (χ2n) is 10.0. The Morgan fingerprint density at radius 3 is 2.15 bits per heavy atom. The van der Waals surface area contributed by atoms with E-state index < -0.39 is 5.43 Å². The van der Waals surface area contributed by atoms with Gasteiger partial charge >= 0.3 is 0 Å². The lowest BCUT2D eigenvalue weighted by Gasteiger charge is -2.36. The van der Waals surface area contributed by atoms with E-state index in [0.717, 1.165) is 44.2 Å². The van der Waals surface area contributed by atoms with E-state index in [1.54, 1.807) is 17.3 Å². The number of pyridine rings is 1. The van der Waals surface area contributed by atoms with Gasteiger partial charge in [-0.25, -0.2) is 0 Å². The number of aromatic nitrogens is 1. The van der Waals surface area contributed by atoms with Crippen LogP contribution in [-0.4, -0.2) is 53.5 Å². The molecule has 3 aliphatic rings. The number of carbonyl (C=O) groups is 2. The summed E-state index contributed by atoms with van der Waals surface area (Å²) < 4.78 is 1.91. The van der Waals surface area contributed by atoms with Crippen molar-refractivity contribution in [1.29, 1.82) is 0 Å². The van der Waals surface area contributed by atoms with Gasteiger partial charge in [-0.15, -0.1) is 0 Å². The number of hydrogen-bond donors (Lipinski definition) is 1. The van der Waals surface area contributed by atoms with Crippen LogP contribution in [0.25, 0.3) is 0 Å². The molecule has 0 spiro atoms. The van der Waals surface area contributed by atoms with E-state index in [9.17, 15) is 14.4 Å². The largest absolute Gasteiger partial charge is 0.368 e. The first kappa shape index (κ1) is 22.7. The number of hydrogen-bond acceptors (Lipinski definition) is 4. The van der Waals surface area contributed by atoms with E-state index in [-0.39, 0.29) is 35.0 Å². The fraction of sp³-hybridized carbons (Fsp3) is 0.519. The van der Waals surface area contributed by atoms with Gasteiger partial charge in [0.15, 0.2) is 0 Å². The van der Waals surface area contributed by atoms with Crippen molar-refractivity contribution in [2.75, 3.05) is 31.1 Å². The second kappa shape index (κ2) is 9.65. The SMILES string of the molecule is Cc1ccc(N2CCN(C(=O)c3cn(C4CC4)cc(C(=O)NC4CCCCC4)c3=O)CC2)cc1. The van der Waals surface area contributed by atoms with Gasteiger partial charge in [0.05, 0.1) is 0 Å². The Kier molecular flexibility index (Phi) is 6.44. The summed E-state index contributed by atoms with van der Waals surface area (Å²) in [6.45, 7) is 4.60. The lowest BCUT2D eigenvalue weighted by molar-refractivity contribution is 0.0744. The maximum Gasteiger partial charge on any atom is 0.259 e. The van der Waals surface area contributed by atoms with Crippen LogP contribution >= 0.6 is 0 Å². The minimum Gasteiger partial charge on any atom is -0.368 e. The molecular weight excluding hydrogens is 428 g/mol. The summed E-state index contributed by atoms with van der Waals surface area (Å²) in [7, 11) is 0. The van der Waals surface area contributed by atoms with E-state index in [1.807, 2.05) is 4.57 Å². The Labute approximate surface area is 200 Å². The predicted octanol–water partition coefficient (Wildman–Crippen LogP) is 3.52. The number of piperazine rings is 1. The summed E-state index contributed by atoms with van der Waals surface area (Å²) in [4.78, 5) is 43.8. The summed E-state index contributed by atoms with van der Waals surface area (Å²) in [5.41, 5.74) is 2.14. The Hall–Kier alpha value is -3.09. The maximum atomic E-state index is 13.4. The average molecular weight is 463 g/mol. The number of amides is 2. The molecule has 34 heavy (non-hydrogen) atoms. The van der Waals surface area contributed by atoms with Crippen LogP contribution in [-0.2, 0) is 0 Å². The third-order valence-corrected chi connectivity index (χ3v) is 7.40. The molecule has 1 aliphatic heterocycles. The van der Waals surface area contributed by atoms with Crippen molar-refractivity contribution in [3.63, 3.8) is 0 Å². The monoisotopic (exact) mass is 462 g/mol. The zero-order valence-corrected chi connectivity index (χ0v) is 20.0. The van der Waals surface area contributed by atoms with Gasteiger partial charge in [0, 0.05) is 56.3 Å². The fourth-order valence-corrected chi connectivity index (χ4v) is 5.10. The van der Waals surface area contributed by atoms with Crippen LogP contribution in [0.3, 0.4) is 0 Å². The fourth-order valence-electron chi connectivity index (χ4n) is 5.10. The zero-order valence-electron chi connectivity index (χ0n) is 20.0. The van der Waals surface area contributed by atoms with Crippen molar-refractivity contribution in [3.05, 3.63) is 63.6 Å². The first-order valence-electron chi connectivity index (χ1n) is 12.7. The van der Waals surface area contributed by atoms with E-state index >= 15 is 0 Å². The Morgan fingerprint density at radius 2 is 1.50 bits per heavy atom. The lowest BCUT2D eigenvalue weighted by atomic mass is 9.95. The molecule has 0 atom stereocenters. The number of rotatable bonds is 5. The lowest BCUT2D eigenvalue weighted by Crippen LogP contribution is -2.50. The van der Waals surface area contributed by atoms with Crippen LogP contribution in [0.5, 0.6) is 0 Å². The van der Waals surface area contributed by atoms with Gasteiger partial charge in [-0.3, -0.25) is 14.4 Å². The molecule has 2 amide bonds. The highest BCUT2D eigenvalue weighted by Gasteiger charge is 2.30. The van der Waals surface area contributed by atoms with E-state index in [1.165, 1.54) is 12.0 Å². The minimum absolute atomic E-state index is 0.0987. The molecule has 2 aliphatic carbocycles. The predicted molar refractivity (Wildman–Crippen MR) is 133 cm³/mol. The van der Waals surface area contributed by atoms with Gasteiger partial charge in [0.25, 0.3) is 11.8 Å². The van der Waals surface area contributed by atoms with E-state index in [0.29, 0.717) is 26.2 Å². The van der Waals surface area contributed by atoms with E-state index in [4.69, 9.17) is 0 Å². The van der Waals surface area contributed by atoms with Crippen LogP contribution in [0.2, 0.25) is 0 Å². The molecule has 1 N–H and O–H groups in total. The highest BCUT2D eigenvalue weighted by atomic mass is 16.2. The molecule has 2 aromatic rings. The van der Waals surface area contributed by atoms with Crippen LogP contribution in [0.4, 0.5) is 5.69 Å². The summed E-state index contributed by atoms with van der Waals surface area (Å²) >= 11 is 0. The van der Waals surface area contributed by atoms with Crippen LogP contribution in [0.15, 0.2) is 41.5 Å². The molecule has 1 saturated heterocycles. The molecule has 2 heterocycles. The number of carbonyl (C=O) groups excluding carboxylic acids is 2. The highest BCUT2D eigenvalue weighted by molar-refractivity contribution is 5.99. The van der Waals surface area contributed by atoms with Crippen molar-refractivity contribution in [1.82, 2.24) is 14.8 Å². The number of anilines is 1. The van der Waals surface area contributed by atoms with Crippen molar-refractivity contribution in [3.8, 4) is 0 Å². The summed E-state index contributed by atoms with van der Waals surface area (Å²) in [6, 6.07) is 8.79. The van der Waals surface area contributed by atoms with Gasteiger partial charge in [0.2, 0.25) is 5.43 Å². The quantitative estimate of drug-likeness (QED) is 0.738. The molecule has 5 rings (SSSR count).